The van der Waals surface area contributed by atoms with Crippen LogP contribution in [0.2, 0.25) is 0 Å². The topological polar surface area (TPSA) is 90.3 Å². The van der Waals surface area contributed by atoms with Crippen molar-refractivity contribution in [1.82, 2.24) is 0 Å². The first kappa shape index (κ1) is 19.5. The maximum Gasteiger partial charge on any atom is 0.232 e. The van der Waals surface area contributed by atoms with Crippen molar-refractivity contribution in [2.45, 2.75) is 19.8 Å². The lowest BCUT2D eigenvalue weighted by molar-refractivity contribution is -0.116. The molecule has 7 heteroatoms. The van der Waals surface area contributed by atoms with Gasteiger partial charge in [-0.15, -0.1) is 0 Å². The number of hydrogen-bond acceptors (Lipinski definition) is 4. The summed E-state index contributed by atoms with van der Waals surface area (Å²) in [7, 11) is -3.51. The van der Waals surface area contributed by atoms with Crippen molar-refractivity contribution in [3.05, 3.63) is 59.7 Å². The van der Waals surface area contributed by atoms with Crippen LogP contribution in [-0.4, -0.2) is 27.1 Å². The highest BCUT2D eigenvalue weighted by Gasteiger charge is 2.20. The molecule has 0 atom stereocenters. The average Bonchev–Trinajstić information content (AvgIpc) is 2.61. The maximum absolute atomic E-state index is 12.2. The van der Waals surface area contributed by atoms with Crippen LogP contribution in [0, 0.1) is 11.3 Å². The highest BCUT2D eigenvalue weighted by atomic mass is 32.2. The third kappa shape index (κ3) is 5.07. The number of sulfonamides is 1. The minimum atomic E-state index is -3.51. The van der Waals surface area contributed by atoms with Gasteiger partial charge in [0.1, 0.15) is 0 Å². The zero-order valence-corrected chi connectivity index (χ0v) is 15.6. The SMILES string of the molecule is CCc1ccccc1N(CCC(=O)Nc1ccc(C#N)cc1)S(C)(=O)=O. The van der Waals surface area contributed by atoms with Crippen molar-refractivity contribution >= 4 is 27.3 Å². The van der Waals surface area contributed by atoms with E-state index in [9.17, 15) is 13.2 Å². The molecule has 0 spiro atoms. The van der Waals surface area contributed by atoms with Crippen LogP contribution in [0.3, 0.4) is 0 Å². The molecule has 6 nitrogen and oxygen atoms in total. The van der Waals surface area contributed by atoms with E-state index in [1.54, 1.807) is 36.4 Å². The molecule has 0 bridgehead atoms. The number of nitrogens with zero attached hydrogens (tertiary/aromatic N) is 2. The zero-order chi connectivity index (χ0) is 19.2. The van der Waals surface area contributed by atoms with Gasteiger partial charge in [-0.2, -0.15) is 5.26 Å². The molecule has 0 unspecified atom stereocenters. The summed E-state index contributed by atoms with van der Waals surface area (Å²) in [5.41, 5.74) is 2.57. The second kappa shape index (κ2) is 8.50. The molecule has 0 aliphatic rings. The number of nitriles is 1. The second-order valence-electron chi connectivity index (χ2n) is 5.80. The van der Waals surface area contributed by atoms with Crippen molar-refractivity contribution in [1.29, 1.82) is 5.26 Å². The first-order chi connectivity index (χ1) is 12.3. The Morgan fingerprint density at radius 3 is 2.38 bits per heavy atom. The molecule has 0 aliphatic carbocycles. The lowest BCUT2D eigenvalue weighted by Crippen LogP contribution is -2.33. The number of nitrogens with one attached hydrogen (secondary N) is 1. The smallest absolute Gasteiger partial charge is 0.232 e. The van der Waals surface area contributed by atoms with E-state index < -0.39 is 10.0 Å². The molecule has 1 N–H and O–H groups in total. The lowest BCUT2D eigenvalue weighted by atomic mass is 10.1. The summed E-state index contributed by atoms with van der Waals surface area (Å²) in [4.78, 5) is 12.2. The molecule has 0 aliphatic heterocycles. The normalized spacial score (nSPS) is 10.8. The molecule has 0 saturated carbocycles. The first-order valence-electron chi connectivity index (χ1n) is 8.20. The van der Waals surface area contributed by atoms with Crippen LogP contribution in [0.25, 0.3) is 0 Å². The molecule has 0 radical (unpaired) electrons. The van der Waals surface area contributed by atoms with Crippen LogP contribution < -0.4 is 9.62 Å². The number of aryl methyl sites for hydroxylation is 1. The summed E-state index contributed by atoms with van der Waals surface area (Å²) in [5, 5.41) is 11.5. The molecule has 0 aromatic heterocycles. The van der Waals surface area contributed by atoms with Gasteiger partial charge in [0, 0.05) is 18.7 Å². The largest absolute Gasteiger partial charge is 0.326 e. The summed E-state index contributed by atoms with van der Waals surface area (Å²) in [6.07, 6.45) is 1.85. The van der Waals surface area contributed by atoms with Crippen molar-refractivity contribution < 1.29 is 13.2 Å². The van der Waals surface area contributed by atoms with Crippen molar-refractivity contribution in [3.8, 4) is 6.07 Å². The van der Waals surface area contributed by atoms with Crippen molar-refractivity contribution in [3.63, 3.8) is 0 Å². The number of amides is 1. The second-order valence-corrected chi connectivity index (χ2v) is 7.71. The Bertz CT molecular complexity index is 916. The third-order valence-electron chi connectivity index (χ3n) is 3.88. The Morgan fingerprint density at radius 1 is 1.15 bits per heavy atom. The van der Waals surface area contributed by atoms with Gasteiger partial charge >= 0.3 is 0 Å². The standard InChI is InChI=1S/C19H21N3O3S/c1-3-16-6-4-5-7-18(16)22(26(2,24)25)13-12-19(23)21-17-10-8-15(14-20)9-11-17/h4-11H,3,12-13H2,1-2H3,(H,21,23). The predicted octanol–water partition coefficient (Wildman–Crippen LogP) is 2.92. The van der Waals surface area contributed by atoms with Crippen LogP contribution in [0.1, 0.15) is 24.5 Å². The van der Waals surface area contributed by atoms with Gasteiger partial charge < -0.3 is 5.32 Å². The number of benzene rings is 2. The maximum atomic E-state index is 12.2. The molecule has 2 aromatic carbocycles. The van der Waals surface area contributed by atoms with Crippen molar-refractivity contribution in [2.75, 3.05) is 22.4 Å². The Hall–Kier alpha value is -2.85. The molecule has 0 fully saturated rings. The molecular weight excluding hydrogens is 350 g/mol. The zero-order valence-electron chi connectivity index (χ0n) is 14.8. The first-order valence-corrected chi connectivity index (χ1v) is 10.1. The number of carbonyl (C=O) groups excluding carboxylic acids is 1. The van der Waals surface area contributed by atoms with Gasteiger partial charge in [-0.1, -0.05) is 25.1 Å². The molecular formula is C19H21N3O3S. The fraction of sp³-hybridized carbons (Fsp3) is 0.263. The van der Waals surface area contributed by atoms with E-state index in [0.717, 1.165) is 11.8 Å². The fourth-order valence-electron chi connectivity index (χ4n) is 2.57. The highest BCUT2D eigenvalue weighted by Crippen LogP contribution is 2.23. The number of hydrogen-bond donors (Lipinski definition) is 1. The van der Waals surface area contributed by atoms with E-state index in [1.807, 2.05) is 25.1 Å². The Balaban J connectivity index is 2.10. The molecule has 136 valence electrons. The fourth-order valence-corrected chi connectivity index (χ4v) is 3.53. The number of rotatable bonds is 7. The Kier molecular flexibility index (Phi) is 6.36. The van der Waals surface area contributed by atoms with Gasteiger partial charge in [0.2, 0.25) is 15.9 Å². The van der Waals surface area contributed by atoms with E-state index in [0.29, 0.717) is 23.4 Å². The number of anilines is 2. The molecule has 1 amide bonds. The predicted molar refractivity (Wildman–Crippen MR) is 102 cm³/mol. The van der Waals surface area contributed by atoms with Gasteiger partial charge in [-0.25, -0.2) is 8.42 Å². The van der Waals surface area contributed by atoms with E-state index in [-0.39, 0.29) is 18.9 Å². The van der Waals surface area contributed by atoms with Gasteiger partial charge in [0.25, 0.3) is 0 Å². The summed E-state index contributed by atoms with van der Waals surface area (Å²) < 4.78 is 25.7. The van der Waals surface area contributed by atoms with Crippen LogP contribution in [0.4, 0.5) is 11.4 Å². The number of para-hydroxylation sites is 1. The van der Waals surface area contributed by atoms with E-state index >= 15 is 0 Å². The van der Waals surface area contributed by atoms with Gasteiger partial charge in [-0.05, 0) is 42.3 Å². The quantitative estimate of drug-likeness (QED) is 0.810. The van der Waals surface area contributed by atoms with Gasteiger partial charge in [0.15, 0.2) is 0 Å². The average molecular weight is 371 g/mol. The van der Waals surface area contributed by atoms with Crippen LogP contribution >= 0.6 is 0 Å². The number of carbonyl (C=O) groups is 1. The lowest BCUT2D eigenvalue weighted by Gasteiger charge is -2.24. The van der Waals surface area contributed by atoms with E-state index in [2.05, 4.69) is 5.32 Å². The van der Waals surface area contributed by atoms with Crippen LogP contribution in [0.5, 0.6) is 0 Å². The monoisotopic (exact) mass is 371 g/mol. The van der Waals surface area contributed by atoms with Gasteiger partial charge in [-0.3, -0.25) is 9.10 Å². The summed E-state index contributed by atoms with van der Waals surface area (Å²) >= 11 is 0. The van der Waals surface area contributed by atoms with Crippen LogP contribution in [0.15, 0.2) is 48.5 Å². The summed E-state index contributed by atoms with van der Waals surface area (Å²) in [5.74, 6) is -0.294. The Morgan fingerprint density at radius 2 is 1.81 bits per heavy atom. The molecule has 2 rings (SSSR count). The van der Waals surface area contributed by atoms with E-state index in [4.69, 9.17) is 5.26 Å². The Labute approximate surface area is 154 Å². The minimum Gasteiger partial charge on any atom is -0.326 e. The molecule has 0 saturated heterocycles. The highest BCUT2D eigenvalue weighted by molar-refractivity contribution is 7.92. The minimum absolute atomic E-state index is 0.0190. The van der Waals surface area contributed by atoms with E-state index in [1.165, 1.54) is 4.31 Å². The molecule has 0 heterocycles. The third-order valence-corrected chi connectivity index (χ3v) is 5.06. The van der Waals surface area contributed by atoms with Gasteiger partial charge in [0.05, 0.1) is 23.6 Å². The van der Waals surface area contributed by atoms with Crippen LogP contribution in [-0.2, 0) is 21.2 Å². The summed E-state index contributed by atoms with van der Waals surface area (Å²) in [6, 6.07) is 15.8. The molecule has 26 heavy (non-hydrogen) atoms. The van der Waals surface area contributed by atoms with Crippen molar-refractivity contribution in [2.24, 2.45) is 0 Å². The molecule has 2 aromatic rings. The summed E-state index contributed by atoms with van der Waals surface area (Å²) in [6.45, 7) is 2.01.